The molecule has 4 N–H and O–H groups in total. The van der Waals surface area contributed by atoms with Crippen LogP contribution in [0.3, 0.4) is 0 Å². The summed E-state index contributed by atoms with van der Waals surface area (Å²) in [5, 5.41) is 29.0. The van der Waals surface area contributed by atoms with E-state index in [4.69, 9.17) is 15.4 Å². The molecule has 0 radical (unpaired) electrons. The number of nitrogens with one attached hydrogen (secondary N) is 1. The molecule has 8 nitrogen and oxygen atoms in total. The Morgan fingerprint density at radius 2 is 2.00 bits per heavy atom. The lowest BCUT2D eigenvalue weighted by molar-refractivity contribution is 0.120. The van der Waals surface area contributed by atoms with E-state index >= 15 is 0 Å². The minimum Gasteiger partial charge on any atom is -0.465 e. The first kappa shape index (κ1) is 13.5. The van der Waals surface area contributed by atoms with Gasteiger partial charge < -0.3 is 10.2 Å². The second-order valence-corrected chi connectivity index (χ2v) is 3.25. The van der Waals surface area contributed by atoms with Crippen molar-refractivity contribution in [1.29, 1.82) is 0 Å². The average molecular weight is 253 g/mol. The van der Waals surface area contributed by atoms with Gasteiger partial charge in [0.05, 0.1) is 12.8 Å². The fraction of sp³-hybridized carbons (Fsp3) is 0.100. The number of carbonyl (C=O) groups is 2. The van der Waals surface area contributed by atoms with Gasteiger partial charge in [-0.1, -0.05) is 18.2 Å². The van der Waals surface area contributed by atoms with Crippen molar-refractivity contribution in [3.8, 4) is 0 Å². The minimum absolute atomic E-state index is 0.264. The highest BCUT2D eigenvalue weighted by molar-refractivity contribution is 5.85. The summed E-state index contributed by atoms with van der Waals surface area (Å²) < 4.78 is 0. The molecule has 0 aromatic heterocycles. The fourth-order valence-electron chi connectivity index (χ4n) is 1.27. The number of rotatable bonds is 4. The lowest BCUT2D eigenvalue weighted by atomic mass is 10.1. The molecule has 0 unspecified atom stereocenters. The van der Waals surface area contributed by atoms with Crippen LogP contribution in [0.25, 0.3) is 0 Å². The van der Waals surface area contributed by atoms with Crippen molar-refractivity contribution in [2.75, 3.05) is 0 Å². The van der Waals surface area contributed by atoms with E-state index in [-0.39, 0.29) is 11.4 Å². The van der Waals surface area contributed by atoms with Crippen LogP contribution in [0, 0.1) is 0 Å². The second kappa shape index (κ2) is 6.21. The third-order valence-electron chi connectivity index (χ3n) is 2.02. The van der Waals surface area contributed by atoms with Gasteiger partial charge in [0.2, 0.25) is 0 Å². The van der Waals surface area contributed by atoms with Crippen LogP contribution in [-0.4, -0.2) is 38.7 Å². The van der Waals surface area contributed by atoms with E-state index in [2.05, 4.69) is 5.10 Å². The van der Waals surface area contributed by atoms with Crippen molar-refractivity contribution < 1.29 is 25.0 Å². The van der Waals surface area contributed by atoms with Gasteiger partial charge in [0, 0.05) is 0 Å². The largest absolute Gasteiger partial charge is 0.465 e. The normalized spacial score (nSPS) is 10.3. The van der Waals surface area contributed by atoms with Gasteiger partial charge in [0.15, 0.2) is 0 Å². The maximum atomic E-state index is 10.7. The summed E-state index contributed by atoms with van der Waals surface area (Å²) in [6.45, 7) is -0.279. The molecule has 0 saturated heterocycles. The number of amides is 2. The predicted octanol–water partition coefficient (Wildman–Crippen LogP) is 1.16. The highest BCUT2D eigenvalue weighted by Gasteiger charge is 2.19. The average Bonchev–Trinajstić information content (AvgIpc) is 2.33. The van der Waals surface area contributed by atoms with Gasteiger partial charge in [0.1, 0.15) is 0 Å². The molecule has 0 bridgehead atoms. The van der Waals surface area contributed by atoms with Crippen molar-refractivity contribution in [2.24, 2.45) is 5.10 Å². The summed E-state index contributed by atoms with van der Waals surface area (Å²) in [6.07, 6.45) is -1.78. The predicted molar refractivity (Wildman–Crippen MR) is 60.6 cm³/mol. The molecule has 1 aromatic carbocycles. The Kier molecular flexibility index (Phi) is 4.64. The summed E-state index contributed by atoms with van der Waals surface area (Å²) in [4.78, 5) is 21.6. The first-order valence-corrected chi connectivity index (χ1v) is 4.79. The standard InChI is InChI=1S/C10H11N3O5/c14-9(15)13(10(16)17)6-8-3-1-2-7(4-8)5-11-12-18/h1-5,12,18H,6H2,(H,14,15)(H,16,17). The lowest BCUT2D eigenvalue weighted by Crippen LogP contribution is -2.33. The quantitative estimate of drug-likeness (QED) is 0.471. The third kappa shape index (κ3) is 3.76. The zero-order valence-electron chi connectivity index (χ0n) is 9.15. The zero-order chi connectivity index (χ0) is 13.5. The van der Waals surface area contributed by atoms with E-state index in [0.29, 0.717) is 11.1 Å². The number of carboxylic acid groups (broad SMARTS) is 2. The van der Waals surface area contributed by atoms with E-state index in [1.165, 1.54) is 6.21 Å². The van der Waals surface area contributed by atoms with Crippen LogP contribution in [0.15, 0.2) is 29.4 Å². The molecular weight excluding hydrogens is 242 g/mol. The maximum Gasteiger partial charge on any atom is 0.417 e. The second-order valence-electron chi connectivity index (χ2n) is 3.25. The van der Waals surface area contributed by atoms with Crippen LogP contribution in [0.4, 0.5) is 9.59 Å². The number of imide groups is 1. The van der Waals surface area contributed by atoms with Crippen LogP contribution in [-0.2, 0) is 6.54 Å². The molecule has 0 fully saturated rings. The van der Waals surface area contributed by atoms with Gasteiger partial charge in [0.25, 0.3) is 0 Å². The minimum atomic E-state index is -1.54. The molecule has 0 aliphatic heterocycles. The molecule has 0 aliphatic rings. The van der Waals surface area contributed by atoms with Crippen molar-refractivity contribution in [3.63, 3.8) is 0 Å². The van der Waals surface area contributed by atoms with Crippen LogP contribution < -0.4 is 5.59 Å². The Hall–Kier alpha value is -2.61. The van der Waals surface area contributed by atoms with Gasteiger partial charge in [-0.05, 0) is 17.2 Å². The Bertz CT molecular complexity index is 460. The number of hydrogen-bond donors (Lipinski definition) is 4. The van der Waals surface area contributed by atoms with E-state index in [0.717, 1.165) is 0 Å². The molecule has 2 amide bonds. The molecule has 96 valence electrons. The SMILES string of the molecule is O=C(O)N(Cc1cccc(C=NNO)c1)C(=O)O. The fourth-order valence-corrected chi connectivity index (χ4v) is 1.27. The molecule has 0 saturated carbocycles. The molecular formula is C10H11N3O5. The van der Waals surface area contributed by atoms with E-state index in [9.17, 15) is 9.59 Å². The Morgan fingerprint density at radius 1 is 1.33 bits per heavy atom. The van der Waals surface area contributed by atoms with Crippen LogP contribution in [0.2, 0.25) is 0 Å². The topological polar surface area (TPSA) is 122 Å². The van der Waals surface area contributed by atoms with E-state index in [1.54, 1.807) is 29.9 Å². The van der Waals surface area contributed by atoms with Gasteiger partial charge in [-0.15, -0.1) is 0 Å². The third-order valence-corrected chi connectivity index (χ3v) is 2.02. The summed E-state index contributed by atoms with van der Waals surface area (Å²) in [5.74, 6) is 0. The van der Waals surface area contributed by atoms with Gasteiger partial charge in [-0.2, -0.15) is 10.7 Å². The Morgan fingerprint density at radius 3 is 2.56 bits per heavy atom. The summed E-state index contributed by atoms with van der Waals surface area (Å²) in [5.41, 5.74) is 2.66. The van der Waals surface area contributed by atoms with Gasteiger partial charge in [-0.25, -0.2) is 14.5 Å². The summed E-state index contributed by atoms with van der Waals surface area (Å²) >= 11 is 0. The Balaban J connectivity index is 2.86. The molecule has 1 rings (SSSR count). The molecule has 0 heterocycles. The number of nitrogens with zero attached hydrogens (tertiary/aromatic N) is 2. The van der Waals surface area contributed by atoms with Crippen molar-refractivity contribution in [1.82, 2.24) is 10.5 Å². The highest BCUT2D eigenvalue weighted by Crippen LogP contribution is 2.08. The first-order valence-electron chi connectivity index (χ1n) is 4.79. The van der Waals surface area contributed by atoms with Gasteiger partial charge >= 0.3 is 12.2 Å². The number of hydrazone groups is 1. The zero-order valence-corrected chi connectivity index (χ0v) is 9.15. The van der Waals surface area contributed by atoms with Gasteiger partial charge in [-0.3, -0.25) is 5.21 Å². The monoisotopic (exact) mass is 253 g/mol. The van der Waals surface area contributed by atoms with Crippen LogP contribution in [0.1, 0.15) is 11.1 Å². The van der Waals surface area contributed by atoms with Crippen molar-refractivity contribution >= 4 is 18.4 Å². The molecule has 18 heavy (non-hydrogen) atoms. The first-order chi connectivity index (χ1) is 8.54. The smallest absolute Gasteiger partial charge is 0.417 e. The van der Waals surface area contributed by atoms with E-state index < -0.39 is 12.2 Å². The summed E-state index contributed by atoms with van der Waals surface area (Å²) in [6, 6.07) is 6.43. The summed E-state index contributed by atoms with van der Waals surface area (Å²) in [7, 11) is 0. The van der Waals surface area contributed by atoms with Crippen LogP contribution in [0.5, 0.6) is 0 Å². The number of hydrogen-bond acceptors (Lipinski definition) is 5. The molecule has 0 aliphatic carbocycles. The molecule has 1 aromatic rings. The lowest BCUT2D eigenvalue weighted by Gasteiger charge is -2.13. The van der Waals surface area contributed by atoms with E-state index in [1.807, 2.05) is 0 Å². The number of benzene rings is 1. The van der Waals surface area contributed by atoms with Crippen molar-refractivity contribution in [2.45, 2.75) is 6.54 Å². The Labute approximate surface area is 102 Å². The maximum absolute atomic E-state index is 10.7. The molecule has 0 atom stereocenters. The molecule has 0 spiro atoms. The molecule has 8 heteroatoms. The highest BCUT2D eigenvalue weighted by atomic mass is 16.5. The van der Waals surface area contributed by atoms with Crippen LogP contribution >= 0.6 is 0 Å². The van der Waals surface area contributed by atoms with Crippen molar-refractivity contribution in [3.05, 3.63) is 35.4 Å².